The van der Waals surface area contributed by atoms with Gasteiger partial charge in [0.25, 0.3) is 0 Å². The van der Waals surface area contributed by atoms with Gasteiger partial charge in [-0.2, -0.15) is 0 Å². The summed E-state index contributed by atoms with van der Waals surface area (Å²) >= 11 is 0. The highest BCUT2D eigenvalue weighted by Gasteiger charge is 2.33. The Balaban J connectivity index is 2.73. The molecule has 0 fully saturated rings. The van der Waals surface area contributed by atoms with Gasteiger partial charge in [-0.25, -0.2) is 9.24 Å². The second kappa shape index (κ2) is 7.81. The molecule has 108 valence electrons. The number of likely N-dealkylation sites (N-methyl/N-ethyl adjacent to an activating group) is 1. The number of nitrogens with zero attached hydrogens (tertiary/aromatic N) is 1. The molecule has 0 saturated heterocycles. The van der Waals surface area contributed by atoms with E-state index in [-0.39, 0.29) is 6.04 Å². The number of hydrogen-bond acceptors (Lipinski definition) is 3. The summed E-state index contributed by atoms with van der Waals surface area (Å²) in [5.41, 5.74) is 1.21. The van der Waals surface area contributed by atoms with Crippen LogP contribution in [-0.2, 0) is 20.0 Å². The molecule has 0 heterocycles. The van der Waals surface area contributed by atoms with Crippen LogP contribution in [0.25, 0.3) is 0 Å². The van der Waals surface area contributed by atoms with E-state index in [4.69, 9.17) is 9.05 Å². The number of hydrogen-bond donors (Lipinski definition) is 0. The largest absolute Gasteiger partial charge is 0.408 e. The van der Waals surface area contributed by atoms with Crippen molar-refractivity contribution < 1.29 is 13.6 Å². The lowest BCUT2D eigenvalue weighted by Crippen LogP contribution is -2.30. The van der Waals surface area contributed by atoms with Gasteiger partial charge >= 0.3 is 7.75 Å². The summed E-state index contributed by atoms with van der Waals surface area (Å²) in [6.45, 7) is 6.42. The molecule has 5 heteroatoms. The van der Waals surface area contributed by atoms with Gasteiger partial charge in [0.1, 0.15) is 0 Å². The van der Waals surface area contributed by atoms with E-state index in [1.807, 2.05) is 39.0 Å². The zero-order valence-corrected chi connectivity index (χ0v) is 13.1. The molecule has 0 aliphatic rings. The molecule has 4 nitrogen and oxygen atoms in total. The zero-order chi connectivity index (χ0) is 14.3. The quantitative estimate of drug-likeness (QED) is 0.682. The molecule has 1 aromatic rings. The fourth-order valence-corrected chi connectivity index (χ4v) is 3.53. The summed E-state index contributed by atoms with van der Waals surface area (Å²) in [5, 5.41) is 0. The van der Waals surface area contributed by atoms with Gasteiger partial charge in [-0.1, -0.05) is 30.3 Å². The lowest BCUT2D eigenvalue weighted by molar-refractivity contribution is 0.163. The molecule has 0 radical (unpaired) electrons. The van der Waals surface area contributed by atoms with Gasteiger partial charge in [0, 0.05) is 6.04 Å². The topological polar surface area (TPSA) is 38.8 Å². The van der Waals surface area contributed by atoms with Crippen LogP contribution in [-0.4, -0.2) is 31.0 Å². The van der Waals surface area contributed by atoms with Crippen LogP contribution >= 0.6 is 7.75 Å². The maximum Gasteiger partial charge on any atom is 0.408 e. The Bertz CT molecular complexity index is 400. The molecule has 0 aliphatic heterocycles. The molecule has 0 spiro atoms. The first-order chi connectivity index (χ1) is 9.03. The van der Waals surface area contributed by atoms with Crippen molar-refractivity contribution in [2.45, 2.75) is 33.2 Å². The van der Waals surface area contributed by atoms with Crippen LogP contribution in [0.1, 0.15) is 26.3 Å². The van der Waals surface area contributed by atoms with E-state index < -0.39 is 7.75 Å². The van der Waals surface area contributed by atoms with Crippen molar-refractivity contribution in [3.8, 4) is 0 Å². The van der Waals surface area contributed by atoms with E-state index in [1.165, 1.54) is 5.56 Å². The van der Waals surface area contributed by atoms with Gasteiger partial charge in [0.05, 0.1) is 13.2 Å². The minimum Gasteiger partial charge on any atom is -0.297 e. The Morgan fingerprint density at radius 3 is 2.16 bits per heavy atom. The van der Waals surface area contributed by atoms with Crippen LogP contribution in [0, 0.1) is 0 Å². The second-order valence-corrected chi connectivity index (χ2v) is 6.50. The fourth-order valence-electron chi connectivity index (χ4n) is 1.87. The average Bonchev–Trinajstić information content (AvgIpc) is 2.39. The molecule has 19 heavy (non-hydrogen) atoms. The van der Waals surface area contributed by atoms with Crippen LogP contribution in [0.5, 0.6) is 0 Å². The normalized spacial score (nSPS) is 13.7. The summed E-state index contributed by atoms with van der Waals surface area (Å²) < 4.78 is 25.0. The van der Waals surface area contributed by atoms with Crippen molar-refractivity contribution in [2.24, 2.45) is 0 Å². The minimum atomic E-state index is -3.17. The first-order valence-corrected chi connectivity index (χ1v) is 8.19. The Kier molecular flexibility index (Phi) is 6.73. The van der Waals surface area contributed by atoms with Crippen molar-refractivity contribution in [3.63, 3.8) is 0 Å². The highest BCUT2D eigenvalue weighted by Crippen LogP contribution is 2.52. The van der Waals surface area contributed by atoms with Crippen molar-refractivity contribution in [2.75, 3.05) is 20.3 Å². The summed E-state index contributed by atoms with van der Waals surface area (Å²) in [4.78, 5) is 0. The maximum atomic E-state index is 12.6. The van der Waals surface area contributed by atoms with Crippen LogP contribution in [0.4, 0.5) is 0 Å². The SMILES string of the molecule is CCOP(=O)(OCC)N(C)C(C)Cc1ccccc1. The number of rotatable bonds is 8. The molecule has 0 bridgehead atoms. The summed E-state index contributed by atoms with van der Waals surface area (Å²) in [6.07, 6.45) is 0.807. The van der Waals surface area contributed by atoms with E-state index in [0.29, 0.717) is 13.2 Å². The van der Waals surface area contributed by atoms with Crippen molar-refractivity contribution >= 4 is 7.75 Å². The Labute approximate surface area is 116 Å². The van der Waals surface area contributed by atoms with Crippen molar-refractivity contribution in [3.05, 3.63) is 35.9 Å². The molecule has 1 rings (SSSR count). The van der Waals surface area contributed by atoms with Crippen LogP contribution in [0.2, 0.25) is 0 Å². The van der Waals surface area contributed by atoms with Gasteiger partial charge in [0.2, 0.25) is 0 Å². The van der Waals surface area contributed by atoms with Gasteiger partial charge in [-0.15, -0.1) is 0 Å². The molecule has 0 N–H and O–H groups in total. The monoisotopic (exact) mass is 285 g/mol. The standard InChI is InChI=1S/C14H24NO3P/c1-5-17-19(16,18-6-2)15(4)13(3)12-14-10-8-7-9-11-14/h7-11,13H,5-6,12H2,1-4H3. The van der Waals surface area contributed by atoms with E-state index in [2.05, 4.69) is 12.1 Å². The summed E-state index contributed by atoms with van der Waals surface area (Å²) in [6, 6.07) is 10.2. The highest BCUT2D eigenvalue weighted by molar-refractivity contribution is 7.51. The first-order valence-electron chi connectivity index (χ1n) is 6.69. The number of benzene rings is 1. The Morgan fingerprint density at radius 2 is 1.68 bits per heavy atom. The zero-order valence-electron chi connectivity index (χ0n) is 12.2. The summed E-state index contributed by atoms with van der Waals surface area (Å²) in [7, 11) is -1.38. The lowest BCUT2D eigenvalue weighted by Gasteiger charge is -2.31. The van der Waals surface area contributed by atoms with Crippen molar-refractivity contribution in [1.29, 1.82) is 0 Å². The maximum absolute atomic E-state index is 12.6. The van der Waals surface area contributed by atoms with Crippen LogP contribution < -0.4 is 0 Å². The average molecular weight is 285 g/mol. The second-order valence-electron chi connectivity index (χ2n) is 4.42. The van der Waals surface area contributed by atoms with Gasteiger partial charge in [0.15, 0.2) is 0 Å². The van der Waals surface area contributed by atoms with E-state index in [0.717, 1.165) is 6.42 Å². The Morgan fingerprint density at radius 1 is 1.16 bits per heavy atom. The Hall–Kier alpha value is -0.670. The molecular weight excluding hydrogens is 261 g/mol. The molecule has 0 amide bonds. The van der Waals surface area contributed by atoms with Crippen LogP contribution in [0.15, 0.2) is 30.3 Å². The molecular formula is C14H24NO3P. The molecule has 0 saturated carbocycles. The third-order valence-electron chi connectivity index (χ3n) is 2.98. The van der Waals surface area contributed by atoms with Crippen LogP contribution in [0.3, 0.4) is 0 Å². The van der Waals surface area contributed by atoms with Crippen molar-refractivity contribution in [1.82, 2.24) is 4.67 Å². The fraction of sp³-hybridized carbons (Fsp3) is 0.571. The molecule has 0 aliphatic carbocycles. The molecule has 1 unspecified atom stereocenters. The highest BCUT2D eigenvalue weighted by atomic mass is 31.2. The third kappa shape index (κ3) is 4.73. The van der Waals surface area contributed by atoms with Gasteiger partial charge < -0.3 is 0 Å². The van der Waals surface area contributed by atoms with Gasteiger partial charge in [-0.3, -0.25) is 9.05 Å². The van der Waals surface area contributed by atoms with E-state index >= 15 is 0 Å². The molecule has 1 aromatic carbocycles. The first kappa shape index (κ1) is 16.4. The third-order valence-corrected chi connectivity index (χ3v) is 5.32. The van der Waals surface area contributed by atoms with E-state index in [1.54, 1.807) is 11.7 Å². The van der Waals surface area contributed by atoms with E-state index in [9.17, 15) is 4.57 Å². The summed E-state index contributed by atoms with van der Waals surface area (Å²) in [5.74, 6) is 0. The molecule has 1 atom stereocenters. The predicted molar refractivity (Wildman–Crippen MR) is 78.2 cm³/mol. The lowest BCUT2D eigenvalue weighted by atomic mass is 10.1. The molecule has 0 aromatic heterocycles. The minimum absolute atomic E-state index is 0.0753. The van der Waals surface area contributed by atoms with Gasteiger partial charge in [-0.05, 0) is 39.8 Å². The smallest absolute Gasteiger partial charge is 0.297 e. The predicted octanol–water partition coefficient (Wildman–Crippen LogP) is 3.73.